The summed E-state index contributed by atoms with van der Waals surface area (Å²) in [6, 6.07) is 3.29. The van der Waals surface area contributed by atoms with Gasteiger partial charge in [-0.05, 0) is 25.0 Å². The molecule has 2 N–H and O–H groups in total. The molecular formula is C17H26N2O5. The number of benzene rings is 1. The summed E-state index contributed by atoms with van der Waals surface area (Å²) in [5.74, 6) is 1.27. The molecule has 0 spiro atoms. The predicted molar refractivity (Wildman–Crippen MR) is 90.0 cm³/mol. The van der Waals surface area contributed by atoms with E-state index in [1.165, 1.54) is 21.3 Å². The van der Waals surface area contributed by atoms with Gasteiger partial charge in [-0.1, -0.05) is 0 Å². The van der Waals surface area contributed by atoms with Crippen molar-refractivity contribution in [2.45, 2.75) is 25.0 Å². The van der Waals surface area contributed by atoms with E-state index >= 15 is 0 Å². The highest BCUT2D eigenvalue weighted by molar-refractivity contribution is 5.96. The molecule has 1 heterocycles. The molecule has 1 aromatic rings. The van der Waals surface area contributed by atoms with Crippen LogP contribution in [0.25, 0.3) is 0 Å². The van der Waals surface area contributed by atoms with E-state index in [1.807, 2.05) is 0 Å². The fourth-order valence-corrected chi connectivity index (χ4v) is 3.09. The molecule has 0 bridgehead atoms. The number of nitrogens with two attached hydrogens (primary N) is 1. The van der Waals surface area contributed by atoms with Gasteiger partial charge in [-0.15, -0.1) is 0 Å². The van der Waals surface area contributed by atoms with Crippen LogP contribution in [0.5, 0.6) is 17.2 Å². The van der Waals surface area contributed by atoms with Gasteiger partial charge in [0, 0.05) is 31.8 Å². The standard InChI is InChI=1S/C17H26N2O5/c1-21-13-5-6-19(12(9-13)10-18)17(20)11-7-14(22-2)16(24-4)15(8-11)23-3/h7-8,12-13H,5-6,9-10,18H2,1-4H3. The number of piperidine rings is 1. The molecule has 0 aromatic heterocycles. The van der Waals surface area contributed by atoms with E-state index in [4.69, 9.17) is 24.7 Å². The summed E-state index contributed by atoms with van der Waals surface area (Å²) >= 11 is 0. The average molecular weight is 338 g/mol. The molecule has 2 rings (SSSR count). The van der Waals surface area contributed by atoms with Crippen molar-refractivity contribution in [3.8, 4) is 17.2 Å². The molecule has 7 nitrogen and oxygen atoms in total. The molecule has 2 unspecified atom stereocenters. The zero-order valence-corrected chi connectivity index (χ0v) is 14.7. The van der Waals surface area contributed by atoms with Crippen LogP contribution in [-0.4, -0.2) is 64.5 Å². The molecule has 1 aliphatic heterocycles. The SMILES string of the molecule is COc1cc(C(=O)N2CCC(OC)CC2CN)cc(OC)c1OC. The number of hydrogen-bond donors (Lipinski definition) is 1. The summed E-state index contributed by atoms with van der Waals surface area (Å²) in [5, 5.41) is 0. The maximum Gasteiger partial charge on any atom is 0.254 e. The quantitative estimate of drug-likeness (QED) is 0.841. The third-order valence-corrected chi connectivity index (χ3v) is 4.45. The summed E-state index contributed by atoms with van der Waals surface area (Å²) in [6.07, 6.45) is 1.68. The molecule has 0 saturated carbocycles. The van der Waals surface area contributed by atoms with Gasteiger partial charge in [-0.2, -0.15) is 0 Å². The first-order chi connectivity index (χ1) is 11.6. The molecule has 2 atom stereocenters. The lowest BCUT2D eigenvalue weighted by Crippen LogP contribution is -2.51. The van der Waals surface area contributed by atoms with Crippen LogP contribution in [0.15, 0.2) is 12.1 Å². The fraction of sp³-hybridized carbons (Fsp3) is 0.588. The van der Waals surface area contributed by atoms with Crippen molar-refractivity contribution in [3.05, 3.63) is 17.7 Å². The molecule has 0 radical (unpaired) electrons. The largest absolute Gasteiger partial charge is 0.493 e. The van der Waals surface area contributed by atoms with E-state index in [0.717, 1.165) is 12.8 Å². The number of ether oxygens (including phenoxy) is 4. The summed E-state index contributed by atoms with van der Waals surface area (Å²) < 4.78 is 21.4. The van der Waals surface area contributed by atoms with E-state index in [1.54, 1.807) is 24.1 Å². The van der Waals surface area contributed by atoms with Gasteiger partial charge >= 0.3 is 0 Å². The van der Waals surface area contributed by atoms with E-state index in [-0.39, 0.29) is 18.1 Å². The van der Waals surface area contributed by atoms with E-state index < -0.39 is 0 Å². The molecule has 1 saturated heterocycles. The highest BCUT2D eigenvalue weighted by Crippen LogP contribution is 2.38. The first-order valence-corrected chi connectivity index (χ1v) is 7.93. The minimum atomic E-state index is -0.0979. The maximum atomic E-state index is 13.0. The summed E-state index contributed by atoms with van der Waals surface area (Å²) in [5.41, 5.74) is 6.35. The first kappa shape index (κ1) is 18.4. The molecule has 1 fully saturated rings. The lowest BCUT2D eigenvalue weighted by Gasteiger charge is -2.38. The van der Waals surface area contributed by atoms with Crippen molar-refractivity contribution in [1.82, 2.24) is 4.90 Å². The predicted octanol–water partition coefficient (Wildman–Crippen LogP) is 1.29. The lowest BCUT2D eigenvalue weighted by atomic mass is 9.98. The van der Waals surface area contributed by atoms with Crippen LogP contribution in [0.3, 0.4) is 0 Å². The molecule has 1 aromatic carbocycles. The number of amides is 1. The normalized spacial score (nSPS) is 20.6. The Kier molecular flexibility index (Phi) is 6.28. The molecule has 7 heteroatoms. The second-order valence-corrected chi connectivity index (χ2v) is 5.68. The number of carbonyl (C=O) groups excluding carboxylic acids is 1. The summed E-state index contributed by atoms with van der Waals surface area (Å²) in [4.78, 5) is 14.8. The number of likely N-dealkylation sites (tertiary alicyclic amines) is 1. The van der Waals surface area contributed by atoms with Crippen LogP contribution in [0.2, 0.25) is 0 Å². The number of nitrogens with zero attached hydrogens (tertiary/aromatic N) is 1. The van der Waals surface area contributed by atoms with Crippen LogP contribution in [-0.2, 0) is 4.74 Å². The van der Waals surface area contributed by atoms with Gasteiger partial charge < -0.3 is 29.6 Å². The van der Waals surface area contributed by atoms with Crippen LogP contribution in [0.4, 0.5) is 0 Å². The van der Waals surface area contributed by atoms with Crippen molar-refractivity contribution >= 4 is 5.91 Å². The maximum absolute atomic E-state index is 13.0. The second kappa shape index (κ2) is 8.21. The van der Waals surface area contributed by atoms with Crippen molar-refractivity contribution in [2.75, 3.05) is 41.5 Å². The van der Waals surface area contributed by atoms with Crippen LogP contribution < -0.4 is 19.9 Å². The van der Waals surface area contributed by atoms with Gasteiger partial charge in [0.1, 0.15) is 0 Å². The number of hydrogen-bond acceptors (Lipinski definition) is 6. The van der Waals surface area contributed by atoms with Crippen molar-refractivity contribution in [3.63, 3.8) is 0 Å². The van der Waals surface area contributed by atoms with Gasteiger partial charge in [0.2, 0.25) is 5.75 Å². The summed E-state index contributed by atoms with van der Waals surface area (Å²) in [7, 11) is 6.27. The third-order valence-electron chi connectivity index (χ3n) is 4.45. The molecule has 24 heavy (non-hydrogen) atoms. The molecule has 134 valence electrons. The zero-order chi connectivity index (χ0) is 17.7. The Hall–Kier alpha value is -1.99. The Morgan fingerprint density at radius 1 is 1.17 bits per heavy atom. The molecule has 0 aliphatic carbocycles. The van der Waals surface area contributed by atoms with Crippen molar-refractivity contribution in [1.29, 1.82) is 0 Å². The van der Waals surface area contributed by atoms with Crippen molar-refractivity contribution in [2.24, 2.45) is 5.73 Å². The monoisotopic (exact) mass is 338 g/mol. The Labute approximate surface area is 142 Å². The topological polar surface area (TPSA) is 83.2 Å². The van der Waals surface area contributed by atoms with Crippen LogP contribution in [0, 0.1) is 0 Å². The Balaban J connectivity index is 2.31. The van der Waals surface area contributed by atoms with E-state index in [9.17, 15) is 4.79 Å². The Bertz CT molecular complexity index is 553. The second-order valence-electron chi connectivity index (χ2n) is 5.68. The number of methoxy groups -OCH3 is 4. The minimum Gasteiger partial charge on any atom is -0.493 e. The van der Waals surface area contributed by atoms with Gasteiger partial charge in [-0.25, -0.2) is 0 Å². The van der Waals surface area contributed by atoms with E-state index in [2.05, 4.69) is 0 Å². The highest BCUT2D eigenvalue weighted by atomic mass is 16.5. The summed E-state index contributed by atoms with van der Waals surface area (Å²) in [6.45, 7) is 1.01. The van der Waals surface area contributed by atoms with Crippen LogP contribution in [0.1, 0.15) is 23.2 Å². The van der Waals surface area contributed by atoms with E-state index in [0.29, 0.717) is 35.9 Å². The highest BCUT2D eigenvalue weighted by Gasteiger charge is 2.32. The minimum absolute atomic E-state index is 0.0460. The number of carbonyl (C=O) groups is 1. The fourth-order valence-electron chi connectivity index (χ4n) is 3.09. The molecular weight excluding hydrogens is 312 g/mol. The Morgan fingerprint density at radius 3 is 2.25 bits per heavy atom. The van der Waals surface area contributed by atoms with Gasteiger partial charge in [-0.3, -0.25) is 4.79 Å². The Morgan fingerprint density at radius 2 is 1.79 bits per heavy atom. The third kappa shape index (κ3) is 3.57. The van der Waals surface area contributed by atoms with Crippen LogP contribution >= 0.6 is 0 Å². The molecule has 1 amide bonds. The molecule has 1 aliphatic rings. The van der Waals surface area contributed by atoms with Crippen molar-refractivity contribution < 1.29 is 23.7 Å². The first-order valence-electron chi connectivity index (χ1n) is 7.93. The zero-order valence-electron chi connectivity index (χ0n) is 14.7. The number of rotatable bonds is 6. The van der Waals surface area contributed by atoms with Gasteiger partial charge in [0.15, 0.2) is 11.5 Å². The smallest absolute Gasteiger partial charge is 0.254 e. The lowest BCUT2D eigenvalue weighted by molar-refractivity contribution is 0.0138. The average Bonchev–Trinajstić information content (AvgIpc) is 2.65. The van der Waals surface area contributed by atoms with Gasteiger partial charge in [0.05, 0.1) is 27.4 Å². The van der Waals surface area contributed by atoms with Gasteiger partial charge in [0.25, 0.3) is 5.91 Å².